The minimum Gasteiger partial charge on any atom is -0.368 e. The van der Waals surface area contributed by atoms with Crippen molar-refractivity contribution in [3.63, 3.8) is 0 Å². The molecule has 1 aliphatic heterocycles. The summed E-state index contributed by atoms with van der Waals surface area (Å²) in [6, 6.07) is 9.33. The number of rotatable bonds is 2. The number of nitrogens with zero attached hydrogens (tertiary/aromatic N) is 1. The Kier molecular flexibility index (Phi) is 4.25. The van der Waals surface area contributed by atoms with Crippen molar-refractivity contribution >= 4 is 15.7 Å². The van der Waals surface area contributed by atoms with E-state index in [1.165, 1.54) is 19.3 Å². The number of pyridine rings is 1. The normalized spacial score (nSPS) is 22.8. The lowest BCUT2D eigenvalue weighted by Crippen LogP contribution is -2.49. The lowest BCUT2D eigenvalue weighted by Gasteiger charge is -2.36. The number of benzene rings is 1. The fourth-order valence-electron chi connectivity index (χ4n) is 3.93. The van der Waals surface area contributed by atoms with E-state index < -0.39 is 10.0 Å². The molecule has 6 heteroatoms. The van der Waals surface area contributed by atoms with Gasteiger partial charge in [0, 0.05) is 11.8 Å². The van der Waals surface area contributed by atoms with Crippen molar-refractivity contribution in [2.24, 2.45) is 5.92 Å². The Morgan fingerprint density at radius 1 is 1.12 bits per heavy atom. The van der Waals surface area contributed by atoms with Crippen molar-refractivity contribution in [1.29, 1.82) is 0 Å². The van der Waals surface area contributed by atoms with Gasteiger partial charge in [-0.3, -0.25) is 4.98 Å². The third kappa shape index (κ3) is 3.16. The molecule has 4 rings (SSSR count). The zero-order valence-electron chi connectivity index (χ0n) is 14.3. The zero-order chi connectivity index (χ0) is 17.4. The van der Waals surface area contributed by atoms with Crippen LogP contribution in [0.2, 0.25) is 0 Å². The van der Waals surface area contributed by atoms with E-state index in [0.717, 1.165) is 29.7 Å². The van der Waals surface area contributed by atoms with Gasteiger partial charge in [-0.15, -0.1) is 0 Å². The Balaban J connectivity index is 1.73. The summed E-state index contributed by atoms with van der Waals surface area (Å²) >= 11 is 0. The highest BCUT2D eigenvalue weighted by Crippen LogP contribution is 2.36. The highest BCUT2D eigenvalue weighted by Gasteiger charge is 2.34. The third-order valence-corrected chi connectivity index (χ3v) is 6.75. The van der Waals surface area contributed by atoms with Gasteiger partial charge in [-0.05, 0) is 55.5 Å². The monoisotopic (exact) mass is 357 g/mol. The van der Waals surface area contributed by atoms with Crippen LogP contribution >= 0.6 is 0 Å². The summed E-state index contributed by atoms with van der Waals surface area (Å²) in [6.07, 6.45) is 7.25. The first-order valence-electron chi connectivity index (χ1n) is 8.89. The molecule has 0 radical (unpaired) electrons. The average molecular weight is 357 g/mol. The molecule has 2 heterocycles. The number of fused-ring (bicyclic) bond motifs is 1. The molecule has 5 nitrogen and oxygen atoms in total. The summed E-state index contributed by atoms with van der Waals surface area (Å²) < 4.78 is 28.6. The SMILES string of the molecule is Cc1cc2c(cc1-c1ccccn1)S(=O)(=O)NC(C1CCCCC1)N2. The van der Waals surface area contributed by atoms with Crippen LogP contribution in [0.15, 0.2) is 41.4 Å². The van der Waals surface area contributed by atoms with Crippen LogP contribution in [0.3, 0.4) is 0 Å². The number of sulfonamides is 1. The van der Waals surface area contributed by atoms with Gasteiger partial charge in [0.1, 0.15) is 4.90 Å². The summed E-state index contributed by atoms with van der Waals surface area (Å²) in [4.78, 5) is 4.67. The minimum atomic E-state index is -3.53. The van der Waals surface area contributed by atoms with Crippen LogP contribution < -0.4 is 10.0 Å². The Bertz CT molecular complexity index is 875. The van der Waals surface area contributed by atoms with E-state index in [2.05, 4.69) is 15.0 Å². The molecule has 25 heavy (non-hydrogen) atoms. The smallest absolute Gasteiger partial charge is 0.244 e. The third-order valence-electron chi connectivity index (χ3n) is 5.27. The van der Waals surface area contributed by atoms with E-state index in [1.54, 1.807) is 12.3 Å². The Morgan fingerprint density at radius 2 is 1.92 bits per heavy atom. The minimum absolute atomic E-state index is 0.210. The van der Waals surface area contributed by atoms with E-state index >= 15 is 0 Å². The van der Waals surface area contributed by atoms with Crippen molar-refractivity contribution in [2.45, 2.75) is 50.1 Å². The van der Waals surface area contributed by atoms with Crippen LogP contribution in [0.4, 0.5) is 5.69 Å². The molecule has 1 unspecified atom stereocenters. The summed E-state index contributed by atoms with van der Waals surface area (Å²) in [5.74, 6) is 0.354. The highest BCUT2D eigenvalue weighted by molar-refractivity contribution is 7.89. The second kappa shape index (κ2) is 6.42. The van der Waals surface area contributed by atoms with Crippen molar-refractivity contribution in [2.75, 3.05) is 5.32 Å². The van der Waals surface area contributed by atoms with E-state index in [4.69, 9.17) is 0 Å². The predicted molar refractivity (Wildman–Crippen MR) is 98.7 cm³/mol. The topological polar surface area (TPSA) is 71.1 Å². The molecule has 0 saturated heterocycles. The van der Waals surface area contributed by atoms with Crippen molar-refractivity contribution in [3.8, 4) is 11.3 Å². The van der Waals surface area contributed by atoms with Crippen molar-refractivity contribution in [3.05, 3.63) is 42.1 Å². The first-order valence-corrected chi connectivity index (χ1v) is 10.4. The van der Waals surface area contributed by atoms with E-state index in [9.17, 15) is 8.42 Å². The van der Waals surface area contributed by atoms with E-state index in [0.29, 0.717) is 16.5 Å². The first kappa shape index (κ1) is 16.5. The highest BCUT2D eigenvalue weighted by atomic mass is 32.2. The van der Waals surface area contributed by atoms with Gasteiger partial charge in [0.15, 0.2) is 0 Å². The molecule has 1 aliphatic carbocycles. The van der Waals surface area contributed by atoms with Gasteiger partial charge in [0.2, 0.25) is 10.0 Å². The van der Waals surface area contributed by atoms with Gasteiger partial charge in [-0.25, -0.2) is 8.42 Å². The number of hydrogen-bond acceptors (Lipinski definition) is 4. The maximum Gasteiger partial charge on any atom is 0.244 e. The quantitative estimate of drug-likeness (QED) is 0.860. The molecule has 2 aliphatic rings. The van der Waals surface area contributed by atoms with Crippen LogP contribution in [0, 0.1) is 12.8 Å². The van der Waals surface area contributed by atoms with Gasteiger partial charge in [-0.2, -0.15) is 4.72 Å². The molecule has 1 aromatic heterocycles. The second-order valence-corrected chi connectivity index (χ2v) is 8.70. The van der Waals surface area contributed by atoms with Crippen LogP contribution in [0.5, 0.6) is 0 Å². The molecule has 2 aromatic rings. The number of aromatic nitrogens is 1. The maximum atomic E-state index is 12.8. The Hall–Kier alpha value is -1.92. The van der Waals surface area contributed by atoms with Crippen LogP contribution in [-0.4, -0.2) is 19.6 Å². The molecule has 0 amide bonds. The van der Waals surface area contributed by atoms with Gasteiger partial charge < -0.3 is 5.32 Å². The van der Waals surface area contributed by atoms with Crippen LogP contribution in [0.25, 0.3) is 11.3 Å². The lowest BCUT2D eigenvalue weighted by molar-refractivity contribution is 0.306. The number of nitrogens with one attached hydrogen (secondary N) is 2. The molecule has 132 valence electrons. The molecule has 1 aromatic carbocycles. The number of anilines is 1. The van der Waals surface area contributed by atoms with Crippen molar-refractivity contribution < 1.29 is 8.42 Å². The second-order valence-electron chi connectivity index (χ2n) is 7.02. The number of aryl methyl sites for hydroxylation is 1. The summed E-state index contributed by atoms with van der Waals surface area (Å²) in [5, 5.41) is 3.43. The number of hydrogen-bond donors (Lipinski definition) is 2. The van der Waals surface area contributed by atoms with Crippen molar-refractivity contribution in [1.82, 2.24) is 9.71 Å². The van der Waals surface area contributed by atoms with E-state index in [-0.39, 0.29) is 6.17 Å². The molecular formula is C19H23N3O2S. The van der Waals surface area contributed by atoms with Gasteiger partial charge in [-0.1, -0.05) is 25.3 Å². The van der Waals surface area contributed by atoms with E-state index in [1.807, 2.05) is 31.2 Å². The molecule has 0 spiro atoms. The first-order chi connectivity index (χ1) is 12.0. The maximum absolute atomic E-state index is 12.8. The average Bonchev–Trinajstić information content (AvgIpc) is 2.62. The van der Waals surface area contributed by atoms with Gasteiger partial charge in [0.05, 0.1) is 17.5 Å². The Morgan fingerprint density at radius 3 is 2.64 bits per heavy atom. The predicted octanol–water partition coefficient (Wildman–Crippen LogP) is 3.67. The lowest BCUT2D eigenvalue weighted by atomic mass is 9.87. The molecule has 1 atom stereocenters. The fourth-order valence-corrected chi connectivity index (χ4v) is 5.32. The summed E-state index contributed by atoms with van der Waals surface area (Å²) in [7, 11) is -3.53. The van der Waals surface area contributed by atoms with Crippen LogP contribution in [-0.2, 0) is 10.0 Å². The van der Waals surface area contributed by atoms with Gasteiger partial charge in [0.25, 0.3) is 0 Å². The molecule has 1 fully saturated rings. The van der Waals surface area contributed by atoms with Gasteiger partial charge >= 0.3 is 0 Å². The standard InChI is InChI=1S/C19H23N3O2S/c1-13-11-17-18(12-15(13)16-9-5-6-10-20-16)25(23,24)22-19(21-17)14-7-3-2-4-8-14/h5-6,9-12,14,19,21-22H,2-4,7-8H2,1H3. The molecule has 1 saturated carbocycles. The van der Waals surface area contributed by atoms with Crippen LogP contribution in [0.1, 0.15) is 37.7 Å². The summed E-state index contributed by atoms with van der Waals surface area (Å²) in [5.41, 5.74) is 3.35. The molecule has 2 N–H and O–H groups in total. The fraction of sp³-hybridized carbons (Fsp3) is 0.421. The summed E-state index contributed by atoms with van der Waals surface area (Å²) in [6.45, 7) is 2.00. The zero-order valence-corrected chi connectivity index (χ0v) is 15.1. The molecular weight excluding hydrogens is 334 g/mol. The molecule has 0 bridgehead atoms. The Labute approximate surface area is 148 Å². The largest absolute Gasteiger partial charge is 0.368 e.